The summed E-state index contributed by atoms with van der Waals surface area (Å²) in [7, 11) is 0. The van der Waals surface area contributed by atoms with Crippen LogP contribution in [0, 0.1) is 0 Å². The van der Waals surface area contributed by atoms with Gasteiger partial charge in [-0.3, -0.25) is 4.98 Å². The largest absolute Gasteiger partial charge is 0.393 e. The number of hydrogen-bond donors (Lipinski definition) is 2. The number of pyridine rings is 1. The Morgan fingerprint density at radius 2 is 2.04 bits per heavy atom. The van der Waals surface area contributed by atoms with Crippen molar-refractivity contribution >= 4 is 11.5 Å². The van der Waals surface area contributed by atoms with Crippen molar-refractivity contribution in [1.82, 2.24) is 19.4 Å². The summed E-state index contributed by atoms with van der Waals surface area (Å²) in [5, 5.41) is 13.2. The number of nitrogens with one attached hydrogen (secondary N) is 1. The van der Waals surface area contributed by atoms with E-state index in [9.17, 15) is 5.11 Å². The lowest BCUT2D eigenvalue weighted by Crippen LogP contribution is -2.28. The van der Waals surface area contributed by atoms with E-state index < -0.39 is 0 Å². The SMILES string of the molecule is OC1CCC(Nc2nc(-c3cccnc3)cn3ccnc23)CC1. The molecule has 1 aliphatic carbocycles. The molecule has 6 heteroatoms. The number of aromatic nitrogens is 4. The molecule has 1 fully saturated rings. The maximum atomic E-state index is 9.66. The molecule has 0 atom stereocenters. The standard InChI is InChI=1S/C17H19N5O/c23-14-5-3-13(4-6-14)20-16-17-19-8-9-22(17)11-15(21-16)12-2-1-7-18-10-12/h1-2,7-11,13-14,23H,3-6H2,(H,20,21). The Morgan fingerprint density at radius 3 is 2.83 bits per heavy atom. The van der Waals surface area contributed by atoms with Crippen molar-refractivity contribution in [2.24, 2.45) is 0 Å². The van der Waals surface area contributed by atoms with E-state index in [1.54, 1.807) is 12.4 Å². The molecule has 23 heavy (non-hydrogen) atoms. The minimum atomic E-state index is -0.158. The monoisotopic (exact) mass is 309 g/mol. The highest BCUT2D eigenvalue weighted by atomic mass is 16.3. The van der Waals surface area contributed by atoms with Crippen molar-refractivity contribution in [2.75, 3.05) is 5.32 Å². The van der Waals surface area contributed by atoms with Crippen LogP contribution in [-0.2, 0) is 0 Å². The number of aliphatic hydroxyl groups is 1. The van der Waals surface area contributed by atoms with Crippen LogP contribution in [0.2, 0.25) is 0 Å². The molecule has 0 saturated heterocycles. The fraction of sp³-hybridized carbons (Fsp3) is 0.353. The number of rotatable bonds is 3. The first kappa shape index (κ1) is 14.1. The third-order valence-corrected chi connectivity index (χ3v) is 4.37. The van der Waals surface area contributed by atoms with Crippen molar-refractivity contribution in [2.45, 2.75) is 37.8 Å². The maximum absolute atomic E-state index is 9.66. The molecule has 0 aromatic carbocycles. The van der Waals surface area contributed by atoms with Gasteiger partial charge in [-0.15, -0.1) is 0 Å². The minimum absolute atomic E-state index is 0.158. The molecule has 6 nitrogen and oxygen atoms in total. The van der Waals surface area contributed by atoms with Crippen LogP contribution >= 0.6 is 0 Å². The number of fused-ring (bicyclic) bond motifs is 1. The predicted octanol–water partition coefficient (Wildman–Crippen LogP) is 2.51. The minimum Gasteiger partial charge on any atom is -0.393 e. The van der Waals surface area contributed by atoms with Gasteiger partial charge in [0.25, 0.3) is 0 Å². The highest BCUT2D eigenvalue weighted by Gasteiger charge is 2.21. The summed E-state index contributed by atoms with van der Waals surface area (Å²) >= 11 is 0. The van der Waals surface area contributed by atoms with Gasteiger partial charge in [0.05, 0.1) is 11.8 Å². The van der Waals surface area contributed by atoms with Crippen LogP contribution in [0.25, 0.3) is 16.9 Å². The zero-order chi connectivity index (χ0) is 15.6. The molecule has 0 unspecified atom stereocenters. The highest BCUT2D eigenvalue weighted by molar-refractivity contribution is 5.69. The van der Waals surface area contributed by atoms with Crippen LogP contribution in [0.1, 0.15) is 25.7 Å². The van der Waals surface area contributed by atoms with Gasteiger partial charge in [-0.05, 0) is 37.8 Å². The van der Waals surface area contributed by atoms with Crippen molar-refractivity contribution in [3.05, 3.63) is 43.1 Å². The summed E-state index contributed by atoms with van der Waals surface area (Å²) in [6.07, 6.45) is 12.7. The Hall–Kier alpha value is -2.47. The Kier molecular flexibility index (Phi) is 3.67. The fourth-order valence-electron chi connectivity index (χ4n) is 3.10. The molecule has 1 saturated carbocycles. The van der Waals surface area contributed by atoms with E-state index in [0.717, 1.165) is 48.4 Å². The number of anilines is 1. The lowest BCUT2D eigenvalue weighted by Gasteiger charge is -2.26. The van der Waals surface area contributed by atoms with Crippen molar-refractivity contribution in [1.29, 1.82) is 0 Å². The van der Waals surface area contributed by atoms with Gasteiger partial charge in [-0.2, -0.15) is 0 Å². The van der Waals surface area contributed by atoms with Crippen LogP contribution < -0.4 is 5.32 Å². The molecule has 118 valence electrons. The molecule has 0 radical (unpaired) electrons. The topological polar surface area (TPSA) is 75.3 Å². The predicted molar refractivity (Wildman–Crippen MR) is 88.1 cm³/mol. The first-order valence-electron chi connectivity index (χ1n) is 7.98. The van der Waals surface area contributed by atoms with E-state index in [2.05, 4.69) is 15.3 Å². The van der Waals surface area contributed by atoms with Crippen molar-refractivity contribution in [3.63, 3.8) is 0 Å². The smallest absolute Gasteiger partial charge is 0.180 e. The summed E-state index contributed by atoms with van der Waals surface area (Å²) in [6.45, 7) is 0. The van der Waals surface area contributed by atoms with E-state index in [4.69, 9.17) is 4.98 Å². The summed E-state index contributed by atoms with van der Waals surface area (Å²) in [4.78, 5) is 13.3. The fourth-order valence-corrected chi connectivity index (χ4v) is 3.10. The van der Waals surface area contributed by atoms with E-state index in [1.807, 2.05) is 35.1 Å². The van der Waals surface area contributed by atoms with Gasteiger partial charge >= 0.3 is 0 Å². The molecule has 2 N–H and O–H groups in total. The molecule has 3 aromatic rings. The Balaban J connectivity index is 1.69. The number of imidazole rings is 1. The molecule has 3 heterocycles. The molecule has 4 rings (SSSR count). The number of aliphatic hydroxyl groups excluding tert-OH is 1. The van der Waals surface area contributed by atoms with Gasteiger partial charge < -0.3 is 14.8 Å². The summed E-state index contributed by atoms with van der Waals surface area (Å²) in [5.74, 6) is 0.790. The number of hydrogen-bond acceptors (Lipinski definition) is 5. The Labute approximate surface area is 134 Å². The average molecular weight is 309 g/mol. The van der Waals surface area contributed by atoms with Gasteiger partial charge in [0.15, 0.2) is 11.5 Å². The molecule has 0 amide bonds. The maximum Gasteiger partial charge on any atom is 0.180 e. The van der Waals surface area contributed by atoms with Gasteiger partial charge in [-0.25, -0.2) is 9.97 Å². The van der Waals surface area contributed by atoms with Crippen LogP contribution in [-0.4, -0.2) is 36.6 Å². The van der Waals surface area contributed by atoms with Gasteiger partial charge in [-0.1, -0.05) is 0 Å². The first-order valence-corrected chi connectivity index (χ1v) is 7.98. The third-order valence-electron chi connectivity index (χ3n) is 4.37. The lowest BCUT2D eigenvalue weighted by molar-refractivity contribution is 0.126. The number of nitrogens with zero attached hydrogens (tertiary/aromatic N) is 4. The van der Waals surface area contributed by atoms with Crippen LogP contribution in [0.4, 0.5) is 5.82 Å². The zero-order valence-electron chi connectivity index (χ0n) is 12.8. The quantitative estimate of drug-likeness (QED) is 0.777. The highest BCUT2D eigenvalue weighted by Crippen LogP contribution is 2.25. The molecular formula is C17H19N5O. The second-order valence-electron chi connectivity index (χ2n) is 6.02. The first-order chi connectivity index (χ1) is 11.3. The summed E-state index contributed by atoms with van der Waals surface area (Å²) in [5.41, 5.74) is 2.66. The van der Waals surface area contributed by atoms with E-state index >= 15 is 0 Å². The van der Waals surface area contributed by atoms with E-state index in [0.29, 0.717) is 6.04 Å². The summed E-state index contributed by atoms with van der Waals surface area (Å²) in [6, 6.07) is 4.24. The summed E-state index contributed by atoms with van der Waals surface area (Å²) < 4.78 is 1.98. The third kappa shape index (κ3) is 2.90. The molecule has 0 spiro atoms. The van der Waals surface area contributed by atoms with E-state index in [1.165, 1.54) is 0 Å². The molecule has 1 aliphatic rings. The Bertz CT molecular complexity index is 793. The zero-order valence-corrected chi connectivity index (χ0v) is 12.8. The van der Waals surface area contributed by atoms with Gasteiger partial charge in [0, 0.05) is 42.6 Å². The Morgan fingerprint density at radius 1 is 1.17 bits per heavy atom. The van der Waals surface area contributed by atoms with Crippen molar-refractivity contribution < 1.29 is 5.11 Å². The lowest BCUT2D eigenvalue weighted by atomic mass is 9.93. The molecule has 0 bridgehead atoms. The van der Waals surface area contributed by atoms with E-state index in [-0.39, 0.29) is 6.10 Å². The van der Waals surface area contributed by atoms with Crippen molar-refractivity contribution in [3.8, 4) is 11.3 Å². The second-order valence-corrected chi connectivity index (χ2v) is 6.02. The van der Waals surface area contributed by atoms with Gasteiger partial charge in [0.1, 0.15) is 0 Å². The van der Waals surface area contributed by atoms with Crippen LogP contribution in [0.5, 0.6) is 0 Å². The normalized spacial score (nSPS) is 21.4. The van der Waals surface area contributed by atoms with Crippen LogP contribution in [0.3, 0.4) is 0 Å². The molecular weight excluding hydrogens is 290 g/mol. The van der Waals surface area contributed by atoms with Crippen LogP contribution in [0.15, 0.2) is 43.1 Å². The van der Waals surface area contributed by atoms with Gasteiger partial charge in [0.2, 0.25) is 0 Å². The second kappa shape index (κ2) is 5.96. The molecule has 0 aliphatic heterocycles. The molecule has 3 aromatic heterocycles. The average Bonchev–Trinajstić information content (AvgIpc) is 3.06.